The molecule has 3 heterocycles. The number of hydrogen-bond acceptors (Lipinski definition) is 4. The molecule has 100 valence electrons. The fourth-order valence-corrected chi connectivity index (χ4v) is 3.51. The van der Waals surface area contributed by atoms with Crippen LogP contribution in [0.15, 0.2) is 36.0 Å². The second kappa shape index (κ2) is 4.72. The molecule has 20 heavy (non-hydrogen) atoms. The van der Waals surface area contributed by atoms with Gasteiger partial charge in [-0.3, -0.25) is 0 Å². The summed E-state index contributed by atoms with van der Waals surface area (Å²) in [6.07, 6.45) is 2.91. The molecule has 1 aliphatic heterocycles. The Balaban J connectivity index is 1.93. The lowest BCUT2D eigenvalue weighted by Gasteiger charge is -2.32. The summed E-state index contributed by atoms with van der Waals surface area (Å²) in [7, 11) is 0. The Morgan fingerprint density at radius 3 is 2.60 bits per heavy atom. The maximum atomic E-state index is 5.97. The van der Waals surface area contributed by atoms with Gasteiger partial charge >= 0.3 is 0 Å². The highest BCUT2D eigenvalue weighted by molar-refractivity contribution is 7.17. The summed E-state index contributed by atoms with van der Waals surface area (Å²) in [6.45, 7) is 2.17. The van der Waals surface area contributed by atoms with Crippen molar-refractivity contribution in [3.63, 3.8) is 0 Å². The molecule has 3 aromatic rings. The molecule has 0 spiro atoms. The van der Waals surface area contributed by atoms with Crippen molar-refractivity contribution in [2.24, 2.45) is 0 Å². The monoisotopic (exact) mass is 301 g/mol. The van der Waals surface area contributed by atoms with Crippen LogP contribution in [0.2, 0.25) is 5.02 Å². The Kier molecular flexibility index (Phi) is 2.86. The van der Waals surface area contributed by atoms with Gasteiger partial charge < -0.3 is 4.90 Å². The van der Waals surface area contributed by atoms with Gasteiger partial charge in [0.25, 0.3) is 0 Å². The molecule has 3 nitrogen and oxygen atoms in total. The van der Waals surface area contributed by atoms with Crippen LogP contribution in [0.4, 0.5) is 5.82 Å². The molecule has 0 radical (unpaired) electrons. The van der Waals surface area contributed by atoms with Crippen molar-refractivity contribution in [1.82, 2.24) is 9.97 Å². The average molecular weight is 302 g/mol. The molecule has 1 aliphatic rings. The smallest absolute Gasteiger partial charge is 0.141 e. The van der Waals surface area contributed by atoms with E-state index < -0.39 is 0 Å². The maximum absolute atomic E-state index is 5.97. The van der Waals surface area contributed by atoms with Crippen LogP contribution in [-0.4, -0.2) is 23.1 Å². The molecule has 0 bridgehead atoms. The Hall–Kier alpha value is -1.65. The van der Waals surface area contributed by atoms with Crippen LogP contribution in [0.5, 0.6) is 0 Å². The van der Waals surface area contributed by atoms with E-state index in [-0.39, 0.29) is 0 Å². The lowest BCUT2D eigenvalue weighted by atomic mass is 10.1. The number of nitrogens with zero attached hydrogens (tertiary/aromatic N) is 3. The minimum atomic E-state index is 0.757. The molecule has 1 saturated heterocycles. The van der Waals surface area contributed by atoms with E-state index in [1.807, 2.05) is 12.1 Å². The highest BCUT2D eigenvalue weighted by Crippen LogP contribution is 2.39. The summed E-state index contributed by atoms with van der Waals surface area (Å²) < 4.78 is 0. The van der Waals surface area contributed by atoms with Crippen molar-refractivity contribution in [3.05, 3.63) is 41.0 Å². The number of hydrogen-bond donors (Lipinski definition) is 0. The SMILES string of the molecule is Clc1ccc(-c2csc3ncnc(N4CCC4)c23)cc1. The highest BCUT2D eigenvalue weighted by atomic mass is 35.5. The molecule has 0 atom stereocenters. The van der Waals surface area contributed by atoms with Gasteiger partial charge in [-0.2, -0.15) is 0 Å². The van der Waals surface area contributed by atoms with Crippen LogP contribution >= 0.6 is 22.9 Å². The van der Waals surface area contributed by atoms with Crippen molar-refractivity contribution in [2.75, 3.05) is 18.0 Å². The van der Waals surface area contributed by atoms with Gasteiger partial charge in [0.1, 0.15) is 17.0 Å². The first kappa shape index (κ1) is 12.1. The van der Waals surface area contributed by atoms with Crippen LogP contribution in [-0.2, 0) is 0 Å². The number of rotatable bonds is 2. The van der Waals surface area contributed by atoms with Gasteiger partial charge in [0.15, 0.2) is 0 Å². The number of fused-ring (bicyclic) bond motifs is 1. The van der Waals surface area contributed by atoms with E-state index in [2.05, 4.69) is 32.4 Å². The lowest BCUT2D eigenvalue weighted by molar-refractivity contribution is 0.612. The van der Waals surface area contributed by atoms with Crippen LogP contribution in [0.25, 0.3) is 21.3 Å². The van der Waals surface area contributed by atoms with E-state index in [0.29, 0.717) is 0 Å². The minimum Gasteiger partial charge on any atom is -0.356 e. The fourth-order valence-electron chi connectivity index (χ4n) is 2.47. The highest BCUT2D eigenvalue weighted by Gasteiger charge is 2.21. The number of benzene rings is 1. The van der Waals surface area contributed by atoms with E-state index >= 15 is 0 Å². The summed E-state index contributed by atoms with van der Waals surface area (Å²) in [5.74, 6) is 1.06. The lowest BCUT2D eigenvalue weighted by Crippen LogP contribution is -2.37. The summed E-state index contributed by atoms with van der Waals surface area (Å²) >= 11 is 7.64. The Morgan fingerprint density at radius 2 is 1.90 bits per heavy atom. The van der Waals surface area contributed by atoms with Crippen molar-refractivity contribution >= 4 is 39.0 Å². The zero-order chi connectivity index (χ0) is 13.5. The number of halogens is 1. The topological polar surface area (TPSA) is 29.0 Å². The standard InChI is InChI=1S/C15H12ClN3S/c16-11-4-2-10(3-5-11)12-8-20-15-13(12)14(17-9-18-15)19-6-1-7-19/h2-5,8-9H,1,6-7H2. The molecule has 1 fully saturated rings. The zero-order valence-electron chi connectivity index (χ0n) is 10.7. The predicted octanol–water partition coefficient (Wildman–Crippen LogP) is 4.22. The first-order chi connectivity index (χ1) is 9.83. The summed E-state index contributed by atoms with van der Waals surface area (Å²) in [6, 6.07) is 7.95. The van der Waals surface area contributed by atoms with Gasteiger partial charge in [-0.1, -0.05) is 23.7 Å². The van der Waals surface area contributed by atoms with E-state index in [1.165, 1.54) is 17.4 Å². The number of anilines is 1. The van der Waals surface area contributed by atoms with E-state index in [1.54, 1.807) is 17.7 Å². The van der Waals surface area contributed by atoms with Crippen LogP contribution in [0.3, 0.4) is 0 Å². The van der Waals surface area contributed by atoms with Crippen molar-refractivity contribution in [3.8, 4) is 11.1 Å². The molecule has 0 saturated carbocycles. The molecule has 4 rings (SSSR count). The average Bonchev–Trinajstić information content (AvgIpc) is 2.83. The van der Waals surface area contributed by atoms with Crippen molar-refractivity contribution in [2.45, 2.75) is 6.42 Å². The molecule has 0 unspecified atom stereocenters. The maximum Gasteiger partial charge on any atom is 0.141 e. The van der Waals surface area contributed by atoms with Gasteiger partial charge in [-0.15, -0.1) is 11.3 Å². The van der Waals surface area contributed by atoms with Gasteiger partial charge in [0, 0.05) is 29.1 Å². The summed E-state index contributed by atoms with van der Waals surface area (Å²) in [4.78, 5) is 12.3. The van der Waals surface area contributed by atoms with Gasteiger partial charge in [0.2, 0.25) is 0 Å². The van der Waals surface area contributed by atoms with Gasteiger partial charge in [-0.05, 0) is 24.1 Å². The van der Waals surface area contributed by atoms with E-state index in [4.69, 9.17) is 11.6 Å². The Morgan fingerprint density at radius 1 is 1.10 bits per heavy atom. The molecule has 2 aromatic heterocycles. The quantitative estimate of drug-likeness (QED) is 0.709. The van der Waals surface area contributed by atoms with Gasteiger partial charge in [-0.25, -0.2) is 9.97 Å². The Labute approximate surface area is 125 Å². The second-order valence-electron chi connectivity index (χ2n) is 4.87. The van der Waals surface area contributed by atoms with Crippen molar-refractivity contribution < 1.29 is 0 Å². The van der Waals surface area contributed by atoms with Crippen LogP contribution < -0.4 is 4.90 Å². The summed E-state index contributed by atoms with van der Waals surface area (Å²) in [5, 5.41) is 4.08. The molecule has 0 amide bonds. The fraction of sp³-hybridized carbons (Fsp3) is 0.200. The minimum absolute atomic E-state index is 0.757. The first-order valence-corrected chi connectivity index (χ1v) is 7.82. The third kappa shape index (κ3) is 1.87. The largest absolute Gasteiger partial charge is 0.356 e. The van der Waals surface area contributed by atoms with Crippen LogP contribution in [0.1, 0.15) is 6.42 Å². The molecular formula is C15H12ClN3S. The molecule has 0 aliphatic carbocycles. The molecule has 5 heteroatoms. The van der Waals surface area contributed by atoms with E-state index in [9.17, 15) is 0 Å². The predicted molar refractivity (Wildman–Crippen MR) is 84.7 cm³/mol. The normalized spacial score (nSPS) is 14.6. The van der Waals surface area contributed by atoms with Crippen molar-refractivity contribution in [1.29, 1.82) is 0 Å². The van der Waals surface area contributed by atoms with E-state index in [0.717, 1.165) is 34.3 Å². The molecular weight excluding hydrogens is 290 g/mol. The van der Waals surface area contributed by atoms with Crippen LogP contribution in [0, 0.1) is 0 Å². The second-order valence-corrected chi connectivity index (χ2v) is 6.17. The first-order valence-electron chi connectivity index (χ1n) is 6.56. The Bertz CT molecular complexity index is 762. The molecule has 1 aromatic carbocycles. The zero-order valence-corrected chi connectivity index (χ0v) is 12.3. The van der Waals surface area contributed by atoms with Gasteiger partial charge in [0.05, 0.1) is 5.39 Å². The summed E-state index contributed by atoms with van der Waals surface area (Å²) in [5.41, 5.74) is 2.36. The third-order valence-corrected chi connectivity index (χ3v) is 4.80. The third-order valence-electron chi connectivity index (χ3n) is 3.66. The number of aromatic nitrogens is 2. The molecule has 0 N–H and O–H groups in total. The number of thiophene rings is 1.